The van der Waals surface area contributed by atoms with Crippen molar-refractivity contribution in [2.45, 2.75) is 20.3 Å². The molecule has 1 heteroatoms. The average molecular weight is 124 g/mol. The van der Waals surface area contributed by atoms with Crippen LogP contribution in [0.3, 0.4) is 0 Å². The predicted molar refractivity (Wildman–Crippen MR) is 38.2 cm³/mol. The molecule has 1 aliphatic rings. The molecule has 0 amide bonds. The van der Waals surface area contributed by atoms with E-state index >= 15 is 0 Å². The minimum absolute atomic E-state index is 0.509. The van der Waals surface area contributed by atoms with Crippen LogP contribution in [0.2, 0.25) is 0 Å². The van der Waals surface area contributed by atoms with Crippen LogP contribution in [0.1, 0.15) is 20.3 Å². The van der Waals surface area contributed by atoms with Gasteiger partial charge in [0.1, 0.15) is 0 Å². The number of aliphatic hydroxyl groups excluding tert-OH is 1. The van der Waals surface area contributed by atoms with E-state index in [0.717, 1.165) is 6.42 Å². The molecule has 0 radical (unpaired) electrons. The van der Waals surface area contributed by atoms with Gasteiger partial charge >= 0.3 is 0 Å². The standard InChI is InChI=1S/C8H12O/c1-6-3-7(2)5-8(9)4-6/h3-4,7,9H,5H2,1-2H3. The van der Waals surface area contributed by atoms with Gasteiger partial charge < -0.3 is 5.11 Å². The minimum Gasteiger partial charge on any atom is -0.512 e. The monoisotopic (exact) mass is 124 g/mol. The zero-order valence-corrected chi connectivity index (χ0v) is 5.89. The Balaban J connectivity index is 2.74. The van der Waals surface area contributed by atoms with Crippen molar-refractivity contribution in [3.8, 4) is 0 Å². The molecular formula is C8H12O. The molecule has 0 spiro atoms. The highest BCUT2D eigenvalue weighted by Crippen LogP contribution is 2.19. The van der Waals surface area contributed by atoms with Crippen LogP contribution in [-0.2, 0) is 0 Å². The van der Waals surface area contributed by atoms with E-state index in [1.165, 1.54) is 5.57 Å². The summed E-state index contributed by atoms with van der Waals surface area (Å²) >= 11 is 0. The highest BCUT2D eigenvalue weighted by molar-refractivity contribution is 5.23. The lowest BCUT2D eigenvalue weighted by atomic mass is 9.98. The Labute approximate surface area is 55.7 Å². The van der Waals surface area contributed by atoms with Crippen LogP contribution in [0.25, 0.3) is 0 Å². The second-order valence-corrected chi connectivity index (χ2v) is 2.73. The third-order valence-corrected chi connectivity index (χ3v) is 1.47. The summed E-state index contributed by atoms with van der Waals surface area (Å²) in [6.07, 6.45) is 4.79. The summed E-state index contributed by atoms with van der Waals surface area (Å²) in [5.41, 5.74) is 1.17. The van der Waals surface area contributed by atoms with Crippen molar-refractivity contribution in [2.24, 2.45) is 5.92 Å². The number of allylic oxidation sites excluding steroid dienone is 4. The van der Waals surface area contributed by atoms with Gasteiger partial charge in [-0.05, 0) is 18.9 Å². The van der Waals surface area contributed by atoms with Gasteiger partial charge in [-0.2, -0.15) is 0 Å². The van der Waals surface area contributed by atoms with Gasteiger partial charge in [0, 0.05) is 6.42 Å². The third-order valence-electron chi connectivity index (χ3n) is 1.47. The molecule has 1 nitrogen and oxygen atoms in total. The molecule has 0 bridgehead atoms. The first-order chi connectivity index (χ1) is 4.18. The van der Waals surface area contributed by atoms with E-state index in [0.29, 0.717) is 11.7 Å². The fourth-order valence-corrected chi connectivity index (χ4v) is 1.21. The summed E-state index contributed by atoms with van der Waals surface area (Å²) in [6.45, 7) is 4.11. The van der Waals surface area contributed by atoms with Gasteiger partial charge in [0.15, 0.2) is 0 Å². The van der Waals surface area contributed by atoms with Crippen LogP contribution in [0.15, 0.2) is 23.5 Å². The molecule has 1 aliphatic carbocycles. The molecular weight excluding hydrogens is 112 g/mol. The Bertz CT molecular complexity index is 165. The van der Waals surface area contributed by atoms with Crippen molar-refractivity contribution in [1.29, 1.82) is 0 Å². The Morgan fingerprint density at radius 1 is 1.67 bits per heavy atom. The van der Waals surface area contributed by atoms with Crippen LogP contribution >= 0.6 is 0 Å². The van der Waals surface area contributed by atoms with Crippen molar-refractivity contribution in [3.05, 3.63) is 23.5 Å². The van der Waals surface area contributed by atoms with Crippen LogP contribution < -0.4 is 0 Å². The van der Waals surface area contributed by atoms with Gasteiger partial charge in [-0.3, -0.25) is 0 Å². The molecule has 0 saturated carbocycles. The molecule has 0 aromatic carbocycles. The van der Waals surface area contributed by atoms with E-state index in [4.69, 9.17) is 5.11 Å². The van der Waals surface area contributed by atoms with Crippen LogP contribution in [-0.4, -0.2) is 5.11 Å². The Hall–Kier alpha value is -0.720. The quantitative estimate of drug-likeness (QED) is 0.525. The first-order valence-corrected chi connectivity index (χ1v) is 3.26. The molecule has 0 fully saturated rings. The van der Waals surface area contributed by atoms with Crippen LogP contribution in [0.4, 0.5) is 0 Å². The molecule has 1 unspecified atom stereocenters. The van der Waals surface area contributed by atoms with Crippen molar-refractivity contribution in [3.63, 3.8) is 0 Å². The molecule has 1 N–H and O–H groups in total. The SMILES string of the molecule is CC1=CC(C)CC(O)=C1. The topological polar surface area (TPSA) is 20.2 Å². The van der Waals surface area contributed by atoms with Crippen molar-refractivity contribution < 1.29 is 5.11 Å². The zero-order chi connectivity index (χ0) is 6.85. The number of aliphatic hydroxyl groups is 1. The molecule has 9 heavy (non-hydrogen) atoms. The van der Waals surface area contributed by atoms with Gasteiger partial charge in [-0.15, -0.1) is 0 Å². The summed E-state index contributed by atoms with van der Waals surface area (Å²) in [5, 5.41) is 9.07. The largest absolute Gasteiger partial charge is 0.512 e. The Kier molecular flexibility index (Phi) is 1.60. The molecule has 50 valence electrons. The fraction of sp³-hybridized carbons (Fsp3) is 0.500. The summed E-state index contributed by atoms with van der Waals surface area (Å²) in [5.74, 6) is 1.03. The minimum atomic E-state index is 0.509. The molecule has 0 saturated heterocycles. The van der Waals surface area contributed by atoms with Gasteiger partial charge in [0.25, 0.3) is 0 Å². The molecule has 1 rings (SSSR count). The highest BCUT2D eigenvalue weighted by atomic mass is 16.3. The maximum absolute atomic E-state index is 9.07. The van der Waals surface area contributed by atoms with E-state index in [1.54, 1.807) is 0 Å². The lowest BCUT2D eigenvalue weighted by Gasteiger charge is -2.11. The maximum atomic E-state index is 9.07. The van der Waals surface area contributed by atoms with Crippen molar-refractivity contribution in [1.82, 2.24) is 0 Å². The van der Waals surface area contributed by atoms with E-state index in [9.17, 15) is 0 Å². The van der Waals surface area contributed by atoms with E-state index in [2.05, 4.69) is 13.0 Å². The molecule has 0 aromatic rings. The van der Waals surface area contributed by atoms with E-state index in [-0.39, 0.29) is 0 Å². The zero-order valence-electron chi connectivity index (χ0n) is 5.89. The van der Waals surface area contributed by atoms with Crippen molar-refractivity contribution >= 4 is 0 Å². The summed E-state index contributed by atoms with van der Waals surface area (Å²) in [6, 6.07) is 0. The summed E-state index contributed by atoms with van der Waals surface area (Å²) in [7, 11) is 0. The first kappa shape index (κ1) is 6.40. The summed E-state index contributed by atoms with van der Waals surface area (Å²) in [4.78, 5) is 0. The molecule has 0 heterocycles. The average Bonchev–Trinajstić information content (AvgIpc) is 1.59. The maximum Gasteiger partial charge on any atom is 0.0930 e. The predicted octanol–water partition coefficient (Wildman–Crippen LogP) is 2.41. The molecule has 1 atom stereocenters. The smallest absolute Gasteiger partial charge is 0.0930 e. The Morgan fingerprint density at radius 2 is 2.33 bits per heavy atom. The third kappa shape index (κ3) is 1.60. The second kappa shape index (κ2) is 2.26. The second-order valence-electron chi connectivity index (χ2n) is 2.73. The van der Waals surface area contributed by atoms with Crippen molar-refractivity contribution in [2.75, 3.05) is 0 Å². The molecule has 0 aliphatic heterocycles. The van der Waals surface area contributed by atoms with Gasteiger partial charge in [-0.1, -0.05) is 18.6 Å². The number of rotatable bonds is 0. The van der Waals surface area contributed by atoms with Gasteiger partial charge in [0.2, 0.25) is 0 Å². The normalized spacial score (nSPS) is 27.1. The van der Waals surface area contributed by atoms with E-state index in [1.807, 2.05) is 13.0 Å². The number of hydrogen-bond donors (Lipinski definition) is 1. The Morgan fingerprint density at radius 3 is 2.78 bits per heavy atom. The highest BCUT2D eigenvalue weighted by Gasteiger charge is 2.06. The fourth-order valence-electron chi connectivity index (χ4n) is 1.21. The lowest BCUT2D eigenvalue weighted by molar-refractivity contribution is 0.368. The first-order valence-electron chi connectivity index (χ1n) is 3.26. The van der Waals surface area contributed by atoms with Crippen LogP contribution in [0.5, 0.6) is 0 Å². The molecule has 0 aromatic heterocycles. The van der Waals surface area contributed by atoms with E-state index < -0.39 is 0 Å². The van der Waals surface area contributed by atoms with Gasteiger partial charge in [0.05, 0.1) is 5.76 Å². The van der Waals surface area contributed by atoms with Crippen LogP contribution in [0, 0.1) is 5.92 Å². The lowest BCUT2D eigenvalue weighted by Crippen LogP contribution is -1.98. The van der Waals surface area contributed by atoms with Gasteiger partial charge in [-0.25, -0.2) is 0 Å². The number of hydrogen-bond acceptors (Lipinski definition) is 1. The summed E-state index contributed by atoms with van der Waals surface area (Å²) < 4.78 is 0.